The summed E-state index contributed by atoms with van der Waals surface area (Å²) in [4.78, 5) is 76.3. The average Bonchev–Trinajstić information content (AvgIpc) is 3.15. The van der Waals surface area contributed by atoms with Crippen molar-refractivity contribution in [3.05, 3.63) is 66.0 Å². The Morgan fingerprint density at radius 1 is 0.860 bits per heavy atom. The Morgan fingerprint density at radius 2 is 1.49 bits per heavy atom. The van der Waals surface area contributed by atoms with Crippen LogP contribution >= 0.6 is 0 Å². The van der Waals surface area contributed by atoms with Crippen molar-refractivity contribution in [3.63, 3.8) is 0 Å². The van der Waals surface area contributed by atoms with E-state index >= 15 is 9.59 Å². The van der Waals surface area contributed by atoms with Gasteiger partial charge in [0.25, 0.3) is 0 Å². The molecule has 1 heterocycles. The van der Waals surface area contributed by atoms with Gasteiger partial charge in [-0.3, -0.25) is 24.2 Å². The molecule has 2 rings (SSSR count). The number of hydrogen-bond acceptors (Lipinski definition) is 10. The molecule has 0 aliphatic heterocycles. The number of pyridine rings is 1. The smallest absolute Gasteiger partial charge is 0.408 e. The monoisotopic (exact) mass is 795 g/mol. The molecule has 1 aromatic carbocycles. The predicted molar refractivity (Wildman–Crippen MR) is 223 cm³/mol. The highest BCUT2D eigenvalue weighted by molar-refractivity contribution is 6.10. The Labute approximate surface area is 340 Å². The quantitative estimate of drug-likeness (QED) is 0.0796. The molecule has 1 unspecified atom stereocenters. The summed E-state index contributed by atoms with van der Waals surface area (Å²) in [6, 6.07) is 8.64. The molecule has 0 fully saturated rings. The minimum absolute atomic E-state index is 0.0868. The van der Waals surface area contributed by atoms with Gasteiger partial charge in [-0.15, -0.1) is 0 Å². The normalized spacial score (nSPS) is 16.6. The van der Waals surface area contributed by atoms with Gasteiger partial charge in [0.1, 0.15) is 23.1 Å². The highest BCUT2D eigenvalue weighted by atomic mass is 16.6. The first-order valence-electron chi connectivity index (χ1n) is 20.5. The van der Waals surface area contributed by atoms with Crippen LogP contribution in [0.4, 0.5) is 4.79 Å². The third-order valence-electron chi connectivity index (χ3n) is 10.5. The van der Waals surface area contributed by atoms with E-state index in [1.165, 1.54) is 6.20 Å². The summed E-state index contributed by atoms with van der Waals surface area (Å²) < 4.78 is 5.48. The first-order chi connectivity index (χ1) is 26.7. The van der Waals surface area contributed by atoms with Crippen LogP contribution in [0.15, 0.2) is 54.7 Å². The lowest BCUT2D eigenvalue weighted by Crippen LogP contribution is -2.61. The number of ether oxygens (including phenoxy) is 1. The Hall–Kier alpha value is -4.20. The molecule has 0 spiro atoms. The number of carbonyl (C=O) groups excluding carboxylic acids is 5. The third-order valence-corrected chi connectivity index (χ3v) is 10.5. The van der Waals surface area contributed by atoms with Gasteiger partial charge in [-0.05, 0) is 75.5 Å². The van der Waals surface area contributed by atoms with E-state index < -0.39 is 82.7 Å². The van der Waals surface area contributed by atoms with Gasteiger partial charge in [-0.25, -0.2) is 4.79 Å². The van der Waals surface area contributed by atoms with Gasteiger partial charge < -0.3 is 37.3 Å². The minimum atomic E-state index is -2.00. The van der Waals surface area contributed by atoms with E-state index in [-0.39, 0.29) is 36.8 Å². The number of rotatable bonds is 23. The summed E-state index contributed by atoms with van der Waals surface area (Å²) in [7, 11) is 0. The first-order valence-corrected chi connectivity index (χ1v) is 20.5. The molecule has 318 valence electrons. The molecule has 0 radical (unpaired) electrons. The number of Topliss-reactive ketones (excluding diaryl/α,β-unsaturated/α-hetero) is 2. The van der Waals surface area contributed by atoms with Crippen molar-refractivity contribution in [3.8, 4) is 0 Å². The van der Waals surface area contributed by atoms with Gasteiger partial charge >= 0.3 is 6.09 Å². The molecule has 3 amide bonds. The van der Waals surface area contributed by atoms with Crippen molar-refractivity contribution in [1.29, 1.82) is 0 Å². The third kappa shape index (κ3) is 14.6. The molecule has 2 aromatic rings. The predicted octanol–water partition coefficient (Wildman–Crippen LogP) is 5.33. The van der Waals surface area contributed by atoms with E-state index in [2.05, 4.69) is 20.9 Å². The second-order valence-corrected chi connectivity index (χ2v) is 17.1. The molecule has 8 N–H and O–H groups in total. The van der Waals surface area contributed by atoms with Crippen molar-refractivity contribution in [2.75, 3.05) is 0 Å². The zero-order chi connectivity index (χ0) is 43.1. The van der Waals surface area contributed by atoms with E-state index in [1.807, 2.05) is 65.0 Å². The van der Waals surface area contributed by atoms with Gasteiger partial charge in [0, 0.05) is 18.7 Å². The maximum atomic E-state index is 15.4. The van der Waals surface area contributed by atoms with E-state index in [1.54, 1.807) is 52.8 Å². The molecule has 13 nitrogen and oxygen atoms in total. The number of aliphatic hydroxyl groups excluding tert-OH is 1. The van der Waals surface area contributed by atoms with Crippen LogP contribution in [-0.2, 0) is 30.3 Å². The molecular weight excluding hydrogens is 725 g/mol. The molecule has 0 aliphatic carbocycles. The summed E-state index contributed by atoms with van der Waals surface area (Å²) in [6.07, 6.45) is 1.43. The molecule has 57 heavy (non-hydrogen) atoms. The number of amides is 3. The van der Waals surface area contributed by atoms with E-state index in [0.29, 0.717) is 25.7 Å². The lowest BCUT2D eigenvalue weighted by Gasteiger charge is -2.41. The van der Waals surface area contributed by atoms with Crippen LogP contribution in [0, 0.1) is 23.2 Å². The lowest BCUT2D eigenvalue weighted by molar-refractivity contribution is -0.152. The number of alkyl carbamates (subject to hydrolysis) is 1. The second-order valence-electron chi connectivity index (χ2n) is 17.1. The van der Waals surface area contributed by atoms with Gasteiger partial charge in [-0.2, -0.15) is 0 Å². The highest BCUT2D eigenvalue weighted by Crippen LogP contribution is 2.39. The molecular formula is C44H70N6O7. The van der Waals surface area contributed by atoms with Gasteiger partial charge in [-0.1, -0.05) is 104 Å². The maximum Gasteiger partial charge on any atom is 0.408 e. The number of benzene rings is 1. The number of nitrogens with one attached hydrogen (secondary N) is 3. The zero-order valence-electron chi connectivity index (χ0n) is 35.8. The topological polar surface area (TPSA) is 216 Å². The minimum Gasteiger partial charge on any atom is -0.444 e. The van der Waals surface area contributed by atoms with Crippen molar-refractivity contribution < 1.29 is 33.8 Å². The SMILES string of the molecule is CCCC[C@H](NC(=O)[C@H](Cc1ccccc1)NC(=O)OC(C)(C)C)C(=O)[C@@](C[C@H](O)[C@@H](N)CC(C)C)(C(=O)NC(C(=O)[C@@H](N)[C@@H](C)CC)c1ccccn1)C(C)C. The van der Waals surface area contributed by atoms with E-state index in [4.69, 9.17) is 16.2 Å². The Kier molecular flexibility index (Phi) is 19.5. The summed E-state index contributed by atoms with van der Waals surface area (Å²) in [5.74, 6) is -3.48. The van der Waals surface area contributed by atoms with Crippen molar-refractivity contribution >= 4 is 29.5 Å². The van der Waals surface area contributed by atoms with Crippen molar-refractivity contribution in [1.82, 2.24) is 20.9 Å². The number of hydrogen-bond donors (Lipinski definition) is 6. The highest BCUT2D eigenvalue weighted by Gasteiger charge is 2.53. The van der Waals surface area contributed by atoms with Gasteiger partial charge in [0.2, 0.25) is 11.8 Å². The van der Waals surface area contributed by atoms with Crippen LogP contribution in [0.3, 0.4) is 0 Å². The average molecular weight is 795 g/mol. The van der Waals surface area contributed by atoms with E-state index in [9.17, 15) is 19.5 Å². The molecule has 0 saturated heterocycles. The van der Waals surface area contributed by atoms with Crippen LogP contribution in [-0.4, -0.2) is 75.4 Å². The number of carbonyl (C=O) groups is 5. The van der Waals surface area contributed by atoms with Crippen molar-refractivity contribution in [2.45, 2.75) is 156 Å². The van der Waals surface area contributed by atoms with Crippen LogP contribution in [0.2, 0.25) is 0 Å². The molecule has 0 bridgehead atoms. The van der Waals surface area contributed by atoms with E-state index in [0.717, 1.165) is 5.56 Å². The van der Waals surface area contributed by atoms with Crippen LogP contribution in [0.5, 0.6) is 0 Å². The maximum absolute atomic E-state index is 15.4. The number of ketones is 2. The molecule has 0 saturated carbocycles. The molecule has 13 heteroatoms. The largest absolute Gasteiger partial charge is 0.444 e. The molecule has 0 aliphatic rings. The fourth-order valence-electron chi connectivity index (χ4n) is 6.86. The van der Waals surface area contributed by atoms with Crippen LogP contribution in [0.25, 0.3) is 0 Å². The van der Waals surface area contributed by atoms with Gasteiger partial charge in [0.05, 0.1) is 23.9 Å². The van der Waals surface area contributed by atoms with Crippen molar-refractivity contribution in [2.24, 2.45) is 34.6 Å². The fourth-order valence-corrected chi connectivity index (χ4v) is 6.86. The Bertz CT molecular complexity index is 1580. The Morgan fingerprint density at radius 3 is 2.02 bits per heavy atom. The molecule has 8 atom stereocenters. The fraction of sp³-hybridized carbons (Fsp3) is 0.636. The lowest BCUT2D eigenvalue weighted by atomic mass is 9.65. The summed E-state index contributed by atoms with van der Waals surface area (Å²) in [6.45, 7) is 18.1. The number of unbranched alkanes of at least 4 members (excludes halogenated alkanes) is 1. The van der Waals surface area contributed by atoms with Gasteiger partial charge in [0.15, 0.2) is 11.6 Å². The molecule has 1 aromatic heterocycles. The van der Waals surface area contributed by atoms with Crippen LogP contribution in [0.1, 0.15) is 125 Å². The second kappa shape index (κ2) is 22.7. The Balaban J connectivity index is 2.75. The number of nitrogens with zero attached hydrogens (tertiary/aromatic N) is 1. The summed E-state index contributed by atoms with van der Waals surface area (Å²) in [5, 5.41) is 20.1. The number of aliphatic hydroxyl groups is 1. The first kappa shape index (κ1) is 48.9. The summed E-state index contributed by atoms with van der Waals surface area (Å²) >= 11 is 0. The number of nitrogens with two attached hydrogens (primary N) is 2. The summed E-state index contributed by atoms with van der Waals surface area (Å²) in [5.41, 5.74) is 11.1. The standard InChI is InChI=1S/C44H70N6O7/c1-11-13-21-33(48-40(54)34(25-30-19-15-14-16-20-30)49-42(56)57-43(8,9)10)39(53)44(28(5)6,26-35(51)31(45)24-27(3)4)41(55)50-37(32-22-17-18-23-47-32)38(52)36(46)29(7)12-2/h14-20,22-23,27-29,31,33-37,51H,11-13,21,24-26,45-46H2,1-10H3,(H,48,54)(H,49,56)(H,50,55)/t29-,31-,33-,34-,35-,36-,37?,44-/m0/s1. The van der Waals surface area contributed by atoms with Crippen LogP contribution < -0.4 is 27.4 Å². The number of aromatic nitrogens is 1. The zero-order valence-corrected chi connectivity index (χ0v) is 35.8.